The first kappa shape index (κ1) is 12.5. The van der Waals surface area contributed by atoms with Gasteiger partial charge < -0.3 is 5.32 Å². The molecule has 16 heavy (non-hydrogen) atoms. The van der Waals surface area contributed by atoms with Crippen LogP contribution in [0.25, 0.3) is 0 Å². The first-order valence-corrected chi connectivity index (χ1v) is 7.98. The lowest BCUT2D eigenvalue weighted by Crippen LogP contribution is -2.21. The van der Waals surface area contributed by atoms with Gasteiger partial charge in [-0.25, -0.2) is 0 Å². The summed E-state index contributed by atoms with van der Waals surface area (Å²) < 4.78 is 2.21. The van der Waals surface area contributed by atoms with Crippen molar-refractivity contribution in [1.29, 1.82) is 0 Å². The van der Waals surface area contributed by atoms with Crippen LogP contribution in [-0.2, 0) is 6.54 Å². The van der Waals surface area contributed by atoms with Gasteiger partial charge in [0.15, 0.2) is 0 Å². The maximum atomic E-state index is 11.7. The van der Waals surface area contributed by atoms with Crippen LogP contribution in [0.2, 0.25) is 0 Å². The van der Waals surface area contributed by atoms with Crippen LogP contribution in [0, 0.1) is 2.88 Å². The zero-order valence-electron chi connectivity index (χ0n) is 8.00. The third kappa shape index (κ3) is 3.28. The van der Waals surface area contributed by atoms with E-state index in [0.29, 0.717) is 6.54 Å². The molecule has 1 N–H and O–H groups in total. The summed E-state index contributed by atoms with van der Waals surface area (Å²) in [5.41, 5.74) is 0.741. The van der Waals surface area contributed by atoms with E-state index >= 15 is 0 Å². The topological polar surface area (TPSA) is 29.1 Å². The Labute approximate surface area is 123 Å². The zero-order chi connectivity index (χ0) is 11.5. The molecule has 2 rings (SSSR count). The number of rotatable bonds is 3. The molecule has 2 nitrogen and oxygen atoms in total. The highest BCUT2D eigenvalue weighted by molar-refractivity contribution is 14.1. The molecule has 0 aliphatic carbocycles. The average molecular weight is 428 g/mol. The number of carbonyl (C=O) groups excluding carboxylic acids is 1. The van der Waals surface area contributed by atoms with Crippen LogP contribution in [0.15, 0.2) is 27.4 Å². The molecule has 0 bridgehead atoms. The van der Waals surface area contributed by atoms with Crippen LogP contribution in [0.5, 0.6) is 0 Å². The van der Waals surface area contributed by atoms with Gasteiger partial charge in [0, 0.05) is 10.3 Å². The molecular weight excluding hydrogens is 421 g/mol. The smallest absolute Gasteiger partial charge is 0.252 e. The van der Waals surface area contributed by atoms with Crippen molar-refractivity contribution >= 4 is 67.1 Å². The Kier molecular flexibility index (Phi) is 4.40. The van der Waals surface area contributed by atoms with Crippen molar-refractivity contribution in [3.05, 3.63) is 40.7 Å². The Morgan fingerprint density at radius 1 is 1.50 bits per heavy atom. The van der Waals surface area contributed by atoms with E-state index in [4.69, 9.17) is 0 Å². The SMILES string of the molecule is O=C(NCc1ccc(Br)s1)c1csc(I)c1. The van der Waals surface area contributed by atoms with Crippen LogP contribution < -0.4 is 5.32 Å². The van der Waals surface area contributed by atoms with Crippen molar-refractivity contribution in [2.45, 2.75) is 6.54 Å². The minimum absolute atomic E-state index is 0.0105. The van der Waals surface area contributed by atoms with E-state index in [1.807, 2.05) is 23.6 Å². The molecular formula is C10H7BrINOS2. The Bertz CT molecular complexity index is 508. The molecule has 0 aromatic carbocycles. The number of hydrogen-bond acceptors (Lipinski definition) is 3. The molecule has 0 radical (unpaired) electrons. The summed E-state index contributed by atoms with van der Waals surface area (Å²) in [7, 11) is 0. The summed E-state index contributed by atoms with van der Waals surface area (Å²) in [6.07, 6.45) is 0. The predicted octanol–water partition coefficient (Wildman–Crippen LogP) is 4.11. The molecule has 84 valence electrons. The molecule has 0 aliphatic rings. The van der Waals surface area contributed by atoms with E-state index in [9.17, 15) is 4.79 Å². The quantitative estimate of drug-likeness (QED) is 0.734. The van der Waals surface area contributed by atoms with Crippen LogP contribution in [0.4, 0.5) is 0 Å². The summed E-state index contributed by atoms with van der Waals surface area (Å²) in [6.45, 7) is 0.585. The van der Waals surface area contributed by atoms with E-state index in [0.717, 1.165) is 17.1 Å². The van der Waals surface area contributed by atoms with Gasteiger partial charge in [-0.3, -0.25) is 4.79 Å². The lowest BCUT2D eigenvalue weighted by molar-refractivity contribution is 0.0952. The van der Waals surface area contributed by atoms with Crippen molar-refractivity contribution in [2.75, 3.05) is 0 Å². The summed E-state index contributed by atoms with van der Waals surface area (Å²) in [6, 6.07) is 5.89. The van der Waals surface area contributed by atoms with Gasteiger partial charge in [0.2, 0.25) is 0 Å². The Morgan fingerprint density at radius 3 is 2.88 bits per heavy atom. The van der Waals surface area contributed by atoms with Gasteiger partial charge in [-0.15, -0.1) is 22.7 Å². The van der Waals surface area contributed by atoms with Crippen molar-refractivity contribution < 1.29 is 4.79 Å². The Hall–Kier alpha value is 0.0800. The van der Waals surface area contributed by atoms with Crippen LogP contribution in [-0.4, -0.2) is 5.91 Å². The molecule has 0 saturated heterocycles. The summed E-state index contributed by atoms with van der Waals surface area (Å²) in [5.74, 6) is -0.0105. The zero-order valence-corrected chi connectivity index (χ0v) is 13.4. The Morgan fingerprint density at radius 2 is 2.31 bits per heavy atom. The van der Waals surface area contributed by atoms with E-state index in [1.54, 1.807) is 22.7 Å². The lowest BCUT2D eigenvalue weighted by Gasteiger charge is -2.00. The third-order valence-electron chi connectivity index (χ3n) is 1.88. The molecule has 2 aromatic heterocycles. The van der Waals surface area contributed by atoms with E-state index in [2.05, 4.69) is 43.8 Å². The number of nitrogens with one attached hydrogen (secondary N) is 1. The summed E-state index contributed by atoms with van der Waals surface area (Å²) in [4.78, 5) is 12.9. The van der Waals surface area contributed by atoms with Gasteiger partial charge in [0.25, 0.3) is 5.91 Å². The van der Waals surface area contributed by atoms with Crippen LogP contribution >= 0.6 is 61.2 Å². The molecule has 0 spiro atoms. The summed E-state index contributed by atoms with van der Waals surface area (Å²) >= 11 is 8.82. The number of thiophene rings is 2. The van der Waals surface area contributed by atoms with Gasteiger partial charge in [-0.05, 0) is 56.7 Å². The fourth-order valence-electron chi connectivity index (χ4n) is 1.15. The van der Waals surface area contributed by atoms with Gasteiger partial charge in [-0.2, -0.15) is 0 Å². The van der Waals surface area contributed by atoms with Gasteiger partial charge >= 0.3 is 0 Å². The second-order valence-corrected chi connectivity index (χ2v) is 8.38. The molecule has 0 unspecified atom stereocenters. The molecule has 2 heterocycles. The first-order valence-electron chi connectivity index (χ1n) is 4.41. The minimum Gasteiger partial charge on any atom is -0.347 e. The molecule has 6 heteroatoms. The van der Waals surface area contributed by atoms with E-state index < -0.39 is 0 Å². The number of hydrogen-bond donors (Lipinski definition) is 1. The highest BCUT2D eigenvalue weighted by Crippen LogP contribution is 2.22. The highest BCUT2D eigenvalue weighted by Gasteiger charge is 2.07. The number of halogens is 2. The second kappa shape index (κ2) is 5.61. The standard InChI is InChI=1S/C10H7BrINOS2/c11-8-2-1-7(16-8)4-13-10(14)6-3-9(12)15-5-6/h1-3,5H,4H2,(H,13,14). The highest BCUT2D eigenvalue weighted by atomic mass is 127. The van der Waals surface area contributed by atoms with Gasteiger partial charge in [0.05, 0.1) is 18.8 Å². The largest absolute Gasteiger partial charge is 0.347 e. The van der Waals surface area contributed by atoms with E-state index in [1.165, 1.54) is 0 Å². The fourth-order valence-corrected chi connectivity index (χ4v) is 3.89. The summed E-state index contributed by atoms with van der Waals surface area (Å²) in [5, 5.41) is 4.77. The van der Waals surface area contributed by atoms with Gasteiger partial charge in [-0.1, -0.05) is 0 Å². The predicted molar refractivity (Wildman–Crippen MR) is 80.2 cm³/mol. The lowest BCUT2D eigenvalue weighted by atomic mass is 10.3. The molecule has 1 amide bonds. The first-order chi connectivity index (χ1) is 7.65. The van der Waals surface area contributed by atoms with Crippen molar-refractivity contribution in [2.24, 2.45) is 0 Å². The van der Waals surface area contributed by atoms with Crippen LogP contribution in [0.3, 0.4) is 0 Å². The minimum atomic E-state index is -0.0105. The molecule has 2 aromatic rings. The fraction of sp³-hybridized carbons (Fsp3) is 0.100. The van der Waals surface area contributed by atoms with Crippen molar-refractivity contribution in [3.63, 3.8) is 0 Å². The van der Waals surface area contributed by atoms with Crippen LogP contribution in [0.1, 0.15) is 15.2 Å². The second-order valence-electron chi connectivity index (χ2n) is 3.03. The average Bonchev–Trinajstić information content (AvgIpc) is 2.84. The third-order valence-corrected chi connectivity index (χ3v) is 5.29. The van der Waals surface area contributed by atoms with E-state index in [-0.39, 0.29) is 5.91 Å². The van der Waals surface area contributed by atoms with Gasteiger partial charge in [0.1, 0.15) is 0 Å². The Balaban J connectivity index is 1.93. The molecule has 0 fully saturated rings. The molecule has 0 aliphatic heterocycles. The normalized spacial score (nSPS) is 10.4. The number of amides is 1. The van der Waals surface area contributed by atoms with Crippen molar-refractivity contribution in [1.82, 2.24) is 5.32 Å². The molecule has 0 saturated carbocycles. The maximum Gasteiger partial charge on any atom is 0.252 e. The maximum absolute atomic E-state index is 11.7. The number of carbonyl (C=O) groups is 1. The molecule has 0 atom stereocenters. The van der Waals surface area contributed by atoms with Crippen molar-refractivity contribution in [3.8, 4) is 0 Å². The monoisotopic (exact) mass is 427 g/mol.